The molecule has 0 saturated heterocycles. The number of aromatic nitrogens is 6. The maximum absolute atomic E-state index is 13.1. The van der Waals surface area contributed by atoms with E-state index in [-0.39, 0.29) is 64.8 Å². The Morgan fingerprint density at radius 3 is 2.26 bits per heavy atom. The van der Waals surface area contributed by atoms with Crippen LogP contribution in [-0.2, 0) is 35.8 Å². The predicted molar refractivity (Wildman–Crippen MR) is 193 cm³/mol. The van der Waals surface area contributed by atoms with E-state index in [0.717, 1.165) is 22.5 Å². The highest BCUT2D eigenvalue weighted by atomic mass is 19.1. The van der Waals surface area contributed by atoms with Gasteiger partial charge < -0.3 is 28.9 Å². The number of esters is 1. The van der Waals surface area contributed by atoms with Gasteiger partial charge in [0.25, 0.3) is 5.89 Å². The van der Waals surface area contributed by atoms with Gasteiger partial charge >= 0.3 is 11.9 Å². The summed E-state index contributed by atoms with van der Waals surface area (Å²) >= 11 is 0. The highest BCUT2D eigenvalue weighted by Gasteiger charge is 2.21. The third-order valence-corrected chi connectivity index (χ3v) is 8.61. The summed E-state index contributed by atoms with van der Waals surface area (Å²) in [5.41, 5.74) is 4.23. The molecule has 0 atom stereocenters. The minimum Gasteiger partial charge on any atom is -0.505 e. The first-order valence-corrected chi connectivity index (χ1v) is 16.8. The van der Waals surface area contributed by atoms with Gasteiger partial charge in [0.2, 0.25) is 11.3 Å². The number of hydrogen-bond donors (Lipinski definition) is 3. The monoisotopic (exact) mass is 736 g/mol. The smallest absolute Gasteiger partial charge is 0.341 e. The number of imidazole rings is 1. The number of rotatable bonds is 10. The number of nitrogens with one attached hydrogen (secondary N) is 1. The van der Waals surface area contributed by atoms with Crippen LogP contribution in [0.3, 0.4) is 0 Å². The topological polar surface area (TPSA) is 186 Å². The molecule has 7 aromatic rings. The Morgan fingerprint density at radius 2 is 1.61 bits per heavy atom. The van der Waals surface area contributed by atoms with Crippen LogP contribution in [0.15, 0.2) is 82.3 Å². The molecule has 4 heterocycles. The van der Waals surface area contributed by atoms with Crippen molar-refractivity contribution in [2.75, 3.05) is 6.61 Å². The maximum atomic E-state index is 13.1. The van der Waals surface area contributed by atoms with Crippen LogP contribution in [0.1, 0.15) is 57.7 Å². The lowest BCUT2D eigenvalue weighted by atomic mass is 9.97. The molecule has 7 rings (SSSR count). The molecule has 54 heavy (non-hydrogen) atoms. The average Bonchev–Trinajstić information content (AvgIpc) is 3.73. The van der Waals surface area contributed by atoms with E-state index in [9.17, 15) is 28.3 Å². The number of phenolic OH excluding ortho intramolecular Hbond substituents is 1. The number of H-pyrrole nitrogens is 1. The Balaban J connectivity index is 0.000000186. The standard InChI is InChI=1S/C22H20FNO5.C17H14FN5O2/c1-2-29-22(28)18-11-15(5-8-19(25)26)17-10-14(12-24-20(17)21(18)27)9-13-3-6-16(23)7-4-13;1-9-20-14-15(24)12(8-19-16(14)23(9)2)17-22-21-13(25-17)7-10-3-5-11(18)6-4-10/h3-4,6-7,10-12,27H,2,5,8-9H2,1H3,(H,25,26);3-6,8H,7H2,1-2H3,(H,19,24). The third-order valence-electron chi connectivity index (χ3n) is 8.61. The van der Waals surface area contributed by atoms with Crippen molar-refractivity contribution in [1.29, 1.82) is 0 Å². The molecule has 3 aromatic carbocycles. The summed E-state index contributed by atoms with van der Waals surface area (Å²) in [4.78, 5) is 47.5. The number of benzene rings is 3. The summed E-state index contributed by atoms with van der Waals surface area (Å²) in [6.45, 7) is 3.62. The summed E-state index contributed by atoms with van der Waals surface area (Å²) < 4.78 is 38.4. The number of aryl methyl sites for hydroxylation is 3. The molecule has 0 aliphatic carbocycles. The van der Waals surface area contributed by atoms with E-state index in [2.05, 4.69) is 25.1 Å². The molecule has 0 fully saturated rings. The molecule has 0 unspecified atom stereocenters. The van der Waals surface area contributed by atoms with Crippen LogP contribution in [0.5, 0.6) is 5.75 Å². The molecule has 0 bridgehead atoms. The zero-order valence-corrected chi connectivity index (χ0v) is 29.4. The van der Waals surface area contributed by atoms with Gasteiger partial charge in [0.05, 0.1) is 13.0 Å². The van der Waals surface area contributed by atoms with E-state index >= 15 is 0 Å². The Hall–Kier alpha value is -6.77. The zero-order valence-electron chi connectivity index (χ0n) is 29.4. The highest BCUT2D eigenvalue weighted by molar-refractivity contribution is 6.01. The van der Waals surface area contributed by atoms with Crippen molar-refractivity contribution in [3.8, 4) is 17.2 Å². The Bertz CT molecular complexity index is 2540. The molecule has 0 aliphatic rings. The number of aliphatic carboxylic acids is 1. The third kappa shape index (κ3) is 8.14. The fourth-order valence-electron chi connectivity index (χ4n) is 5.77. The number of pyridine rings is 2. The van der Waals surface area contributed by atoms with Crippen molar-refractivity contribution in [1.82, 2.24) is 29.7 Å². The number of ether oxygens (including phenoxy) is 1. The molecular formula is C39H34F2N6O7. The Morgan fingerprint density at radius 1 is 0.944 bits per heavy atom. The molecule has 0 saturated carbocycles. The van der Waals surface area contributed by atoms with Crippen LogP contribution in [0.4, 0.5) is 8.78 Å². The number of carbonyl (C=O) groups excluding carboxylic acids is 1. The Labute approximate surface area is 305 Å². The molecule has 4 aromatic heterocycles. The lowest BCUT2D eigenvalue weighted by Crippen LogP contribution is -2.08. The normalized spacial score (nSPS) is 11.1. The fourth-order valence-corrected chi connectivity index (χ4v) is 5.77. The first-order valence-electron chi connectivity index (χ1n) is 16.8. The number of phenols is 1. The van der Waals surface area contributed by atoms with Gasteiger partial charge in [-0.1, -0.05) is 24.3 Å². The largest absolute Gasteiger partial charge is 0.505 e. The number of carboxylic acid groups (broad SMARTS) is 1. The van der Waals surface area contributed by atoms with E-state index in [0.29, 0.717) is 40.8 Å². The van der Waals surface area contributed by atoms with Crippen molar-refractivity contribution >= 4 is 34.0 Å². The number of fused-ring (bicyclic) bond motifs is 2. The molecule has 0 radical (unpaired) electrons. The van der Waals surface area contributed by atoms with Gasteiger partial charge in [-0.25, -0.2) is 18.6 Å². The SMILES string of the molecule is CCOC(=O)c1cc(CCC(=O)O)c2cc(Cc3ccc(F)cc3)cnc2c1O.Cc1nc2c(=O)c(-c3nnc(Cc4ccc(F)cc4)o3)c[nH]c2n1C. The first kappa shape index (κ1) is 37.0. The van der Waals surface area contributed by atoms with Gasteiger partial charge in [-0.3, -0.25) is 14.6 Å². The number of hydrogen-bond acceptors (Lipinski definition) is 10. The van der Waals surface area contributed by atoms with E-state index in [1.807, 2.05) is 14.0 Å². The molecule has 13 nitrogen and oxygen atoms in total. The van der Waals surface area contributed by atoms with E-state index in [1.165, 1.54) is 30.3 Å². The number of carbonyl (C=O) groups is 2. The van der Waals surface area contributed by atoms with Crippen molar-refractivity contribution in [2.24, 2.45) is 7.05 Å². The molecule has 3 N–H and O–H groups in total. The molecule has 15 heteroatoms. The minimum atomic E-state index is -0.973. The predicted octanol–water partition coefficient (Wildman–Crippen LogP) is 6.21. The van der Waals surface area contributed by atoms with Gasteiger partial charge in [0.1, 0.15) is 39.7 Å². The molecule has 0 spiro atoms. The molecular weight excluding hydrogens is 702 g/mol. The summed E-state index contributed by atoms with van der Waals surface area (Å²) in [5, 5.41) is 28.1. The minimum absolute atomic E-state index is 0.0430. The quantitative estimate of drug-likeness (QED) is 0.136. The van der Waals surface area contributed by atoms with E-state index in [1.54, 1.807) is 54.2 Å². The van der Waals surface area contributed by atoms with Crippen molar-refractivity contribution in [3.63, 3.8) is 0 Å². The lowest BCUT2D eigenvalue weighted by molar-refractivity contribution is -0.136. The summed E-state index contributed by atoms with van der Waals surface area (Å²) in [6, 6.07) is 15.4. The van der Waals surface area contributed by atoms with Gasteiger partial charge in [-0.2, -0.15) is 0 Å². The number of nitrogens with zero attached hydrogens (tertiary/aromatic N) is 5. The second-order valence-electron chi connectivity index (χ2n) is 12.3. The molecule has 0 amide bonds. The van der Waals surface area contributed by atoms with Crippen LogP contribution in [0, 0.1) is 18.6 Å². The van der Waals surface area contributed by atoms with Crippen LogP contribution >= 0.6 is 0 Å². The van der Waals surface area contributed by atoms with Gasteiger partial charge in [-0.05, 0) is 85.3 Å². The van der Waals surface area contributed by atoms with Crippen molar-refractivity contribution in [3.05, 3.63) is 134 Å². The highest BCUT2D eigenvalue weighted by Crippen LogP contribution is 2.33. The second kappa shape index (κ2) is 15.9. The summed E-state index contributed by atoms with van der Waals surface area (Å²) in [5.74, 6) is -1.39. The van der Waals surface area contributed by atoms with Gasteiger partial charge in [0, 0.05) is 31.2 Å². The van der Waals surface area contributed by atoms with E-state index in [4.69, 9.17) is 14.3 Å². The lowest BCUT2D eigenvalue weighted by Gasteiger charge is -2.13. The maximum Gasteiger partial charge on any atom is 0.341 e. The molecule has 276 valence electrons. The fraction of sp³-hybridized carbons (Fsp3) is 0.205. The van der Waals surface area contributed by atoms with Crippen molar-refractivity contribution < 1.29 is 37.7 Å². The van der Waals surface area contributed by atoms with E-state index < -0.39 is 11.9 Å². The van der Waals surface area contributed by atoms with Crippen LogP contribution in [-0.4, -0.2) is 58.5 Å². The Kier molecular flexibility index (Phi) is 10.9. The van der Waals surface area contributed by atoms with Crippen LogP contribution < -0.4 is 5.43 Å². The average molecular weight is 737 g/mol. The number of carboxylic acids is 1. The number of aromatic hydroxyl groups is 1. The van der Waals surface area contributed by atoms with Gasteiger partial charge in [0.15, 0.2) is 11.3 Å². The van der Waals surface area contributed by atoms with Crippen LogP contribution in [0.25, 0.3) is 33.5 Å². The summed E-state index contributed by atoms with van der Waals surface area (Å²) in [6.07, 6.45) is 3.99. The van der Waals surface area contributed by atoms with Crippen LogP contribution in [0.2, 0.25) is 0 Å². The van der Waals surface area contributed by atoms with Crippen molar-refractivity contribution in [2.45, 2.75) is 39.5 Å². The van der Waals surface area contributed by atoms with Gasteiger partial charge in [-0.15, -0.1) is 10.2 Å². The zero-order chi connectivity index (χ0) is 38.5. The molecule has 0 aliphatic heterocycles. The number of aromatic amines is 1. The first-order chi connectivity index (χ1) is 25.9. The number of halogens is 2. The summed E-state index contributed by atoms with van der Waals surface area (Å²) in [7, 11) is 1.83. The second-order valence-corrected chi connectivity index (χ2v) is 12.3.